The normalized spacial score (nSPS) is 17.9. The van der Waals surface area contributed by atoms with Gasteiger partial charge in [-0.05, 0) is 17.7 Å². The first-order valence-corrected chi connectivity index (χ1v) is 7.07. The summed E-state index contributed by atoms with van der Waals surface area (Å²) in [5, 5.41) is 12.9. The monoisotopic (exact) mass is 338 g/mol. The Balaban J connectivity index is 0.00000242. The van der Waals surface area contributed by atoms with Crippen molar-refractivity contribution in [2.24, 2.45) is 5.41 Å². The van der Waals surface area contributed by atoms with Crippen LogP contribution in [-0.4, -0.2) is 42.8 Å². The lowest BCUT2D eigenvalue weighted by Crippen LogP contribution is -2.49. The summed E-state index contributed by atoms with van der Waals surface area (Å²) in [6.45, 7) is 6.47. The van der Waals surface area contributed by atoms with Crippen LogP contribution in [0.25, 0.3) is 0 Å². The Morgan fingerprint density at radius 2 is 1.68 bits per heavy atom. The maximum absolute atomic E-state index is 13.6. The predicted octanol–water partition coefficient (Wildman–Crippen LogP) is 2.49. The standard InChI is InChI=1S/C15H21F3N2O.ClH/c1-15(2,9-21)14(20-5-3-19-4-6-20)10-7-11(16)13(18)12(17)8-10;/h7-8,14,19,21H,3-6,9H2,1-2H3;1H/t14-;/m1./s1. The zero-order valence-corrected chi connectivity index (χ0v) is 13.5. The molecule has 0 radical (unpaired) electrons. The molecule has 2 rings (SSSR count). The SMILES string of the molecule is CC(C)(CO)[C@@H](c1cc(F)c(F)c(F)c1)N1CCNCC1.Cl. The van der Waals surface area contributed by atoms with Crippen LogP contribution < -0.4 is 5.32 Å². The van der Waals surface area contributed by atoms with E-state index in [2.05, 4.69) is 10.2 Å². The molecule has 3 nitrogen and oxygen atoms in total. The minimum atomic E-state index is -1.46. The summed E-state index contributed by atoms with van der Waals surface area (Å²) in [4.78, 5) is 2.07. The molecular formula is C15H22ClF3N2O. The second-order valence-corrected chi connectivity index (χ2v) is 6.13. The zero-order valence-electron chi connectivity index (χ0n) is 12.7. The van der Waals surface area contributed by atoms with E-state index in [0.717, 1.165) is 25.2 Å². The molecule has 1 atom stereocenters. The molecule has 0 aromatic heterocycles. The molecule has 0 unspecified atom stereocenters. The number of hydrogen-bond acceptors (Lipinski definition) is 3. The van der Waals surface area contributed by atoms with E-state index in [1.807, 2.05) is 13.8 Å². The van der Waals surface area contributed by atoms with Gasteiger partial charge < -0.3 is 10.4 Å². The average molecular weight is 339 g/mol. The Morgan fingerprint density at radius 3 is 2.14 bits per heavy atom. The highest BCUT2D eigenvalue weighted by Crippen LogP contribution is 2.39. The lowest BCUT2D eigenvalue weighted by Gasteiger charge is -2.43. The molecule has 1 heterocycles. The molecule has 1 aromatic rings. The van der Waals surface area contributed by atoms with Gasteiger partial charge in [-0.2, -0.15) is 0 Å². The molecule has 1 aliphatic heterocycles. The van der Waals surface area contributed by atoms with Crippen molar-refractivity contribution in [1.29, 1.82) is 0 Å². The Hall–Kier alpha value is -0.820. The molecule has 1 aliphatic rings. The minimum absolute atomic E-state index is 0. The lowest BCUT2D eigenvalue weighted by molar-refractivity contribution is 0.0301. The van der Waals surface area contributed by atoms with Crippen molar-refractivity contribution < 1.29 is 18.3 Å². The van der Waals surface area contributed by atoms with Crippen molar-refractivity contribution in [3.8, 4) is 0 Å². The lowest BCUT2D eigenvalue weighted by atomic mass is 9.79. The molecule has 1 aromatic carbocycles. The fourth-order valence-corrected chi connectivity index (χ4v) is 2.92. The molecule has 1 saturated heterocycles. The second kappa shape index (κ2) is 7.64. The van der Waals surface area contributed by atoms with Crippen molar-refractivity contribution >= 4 is 12.4 Å². The molecule has 7 heteroatoms. The van der Waals surface area contributed by atoms with Crippen LogP contribution in [-0.2, 0) is 0 Å². The van der Waals surface area contributed by atoms with Crippen LogP contribution in [0.1, 0.15) is 25.5 Å². The van der Waals surface area contributed by atoms with Gasteiger partial charge in [0, 0.05) is 44.2 Å². The Morgan fingerprint density at radius 1 is 1.18 bits per heavy atom. The predicted molar refractivity (Wildman–Crippen MR) is 81.6 cm³/mol. The Labute approximate surface area is 134 Å². The summed E-state index contributed by atoms with van der Waals surface area (Å²) in [5.74, 6) is -3.85. The molecule has 0 aliphatic carbocycles. The second-order valence-electron chi connectivity index (χ2n) is 6.13. The third-order valence-corrected chi connectivity index (χ3v) is 3.99. The van der Waals surface area contributed by atoms with Gasteiger partial charge in [0.2, 0.25) is 0 Å². The van der Waals surface area contributed by atoms with Crippen LogP contribution in [0.2, 0.25) is 0 Å². The van der Waals surface area contributed by atoms with Gasteiger partial charge in [-0.3, -0.25) is 4.90 Å². The summed E-state index contributed by atoms with van der Waals surface area (Å²) in [5.41, 5.74) is -0.249. The maximum Gasteiger partial charge on any atom is 0.194 e. The minimum Gasteiger partial charge on any atom is -0.396 e. The van der Waals surface area contributed by atoms with E-state index in [4.69, 9.17) is 0 Å². The van der Waals surface area contributed by atoms with E-state index >= 15 is 0 Å². The van der Waals surface area contributed by atoms with Crippen LogP contribution in [0.5, 0.6) is 0 Å². The van der Waals surface area contributed by atoms with E-state index in [0.29, 0.717) is 18.7 Å². The van der Waals surface area contributed by atoms with Crippen molar-refractivity contribution in [3.63, 3.8) is 0 Å². The first-order chi connectivity index (χ1) is 9.86. The number of aliphatic hydroxyl groups excluding tert-OH is 1. The topological polar surface area (TPSA) is 35.5 Å². The third-order valence-electron chi connectivity index (χ3n) is 3.99. The quantitative estimate of drug-likeness (QED) is 0.828. The van der Waals surface area contributed by atoms with Gasteiger partial charge in [-0.15, -0.1) is 12.4 Å². The summed E-state index contributed by atoms with van der Waals surface area (Å²) in [6.07, 6.45) is 0. The highest BCUT2D eigenvalue weighted by atomic mass is 35.5. The smallest absolute Gasteiger partial charge is 0.194 e. The van der Waals surface area contributed by atoms with E-state index in [1.165, 1.54) is 0 Å². The van der Waals surface area contributed by atoms with Gasteiger partial charge in [0.15, 0.2) is 17.5 Å². The molecule has 0 amide bonds. The zero-order chi connectivity index (χ0) is 15.6. The highest BCUT2D eigenvalue weighted by Gasteiger charge is 2.36. The van der Waals surface area contributed by atoms with Gasteiger partial charge in [0.25, 0.3) is 0 Å². The molecule has 0 spiro atoms. The number of rotatable bonds is 4. The maximum atomic E-state index is 13.6. The van der Waals surface area contributed by atoms with E-state index in [9.17, 15) is 18.3 Å². The van der Waals surface area contributed by atoms with Crippen LogP contribution >= 0.6 is 12.4 Å². The van der Waals surface area contributed by atoms with Crippen molar-refractivity contribution in [2.75, 3.05) is 32.8 Å². The Bertz CT molecular complexity index is 485. The molecule has 1 fully saturated rings. The van der Waals surface area contributed by atoms with Gasteiger partial charge >= 0.3 is 0 Å². The molecule has 22 heavy (non-hydrogen) atoms. The number of aliphatic hydroxyl groups is 1. The fourth-order valence-electron chi connectivity index (χ4n) is 2.92. The van der Waals surface area contributed by atoms with Crippen LogP contribution in [0.4, 0.5) is 13.2 Å². The van der Waals surface area contributed by atoms with Crippen LogP contribution in [0.3, 0.4) is 0 Å². The van der Waals surface area contributed by atoms with Crippen molar-refractivity contribution in [2.45, 2.75) is 19.9 Å². The first kappa shape index (κ1) is 19.2. The third kappa shape index (κ3) is 3.93. The number of nitrogens with zero attached hydrogens (tertiary/aromatic N) is 1. The molecule has 126 valence electrons. The van der Waals surface area contributed by atoms with Crippen molar-refractivity contribution in [1.82, 2.24) is 10.2 Å². The fraction of sp³-hybridized carbons (Fsp3) is 0.600. The Kier molecular flexibility index (Phi) is 6.67. The average Bonchev–Trinajstić information content (AvgIpc) is 2.46. The summed E-state index contributed by atoms with van der Waals surface area (Å²) >= 11 is 0. The van der Waals surface area contributed by atoms with Crippen LogP contribution in [0, 0.1) is 22.9 Å². The van der Waals surface area contributed by atoms with Crippen molar-refractivity contribution in [3.05, 3.63) is 35.1 Å². The molecular weight excluding hydrogens is 317 g/mol. The number of halogens is 4. The highest BCUT2D eigenvalue weighted by molar-refractivity contribution is 5.85. The van der Waals surface area contributed by atoms with E-state index in [-0.39, 0.29) is 25.1 Å². The molecule has 0 saturated carbocycles. The van der Waals surface area contributed by atoms with E-state index < -0.39 is 22.9 Å². The van der Waals surface area contributed by atoms with Gasteiger partial charge in [0.05, 0.1) is 0 Å². The van der Waals surface area contributed by atoms with Gasteiger partial charge in [-0.25, -0.2) is 13.2 Å². The number of nitrogens with one attached hydrogen (secondary N) is 1. The first-order valence-electron chi connectivity index (χ1n) is 7.07. The van der Waals surface area contributed by atoms with Gasteiger partial charge in [-0.1, -0.05) is 13.8 Å². The number of benzene rings is 1. The van der Waals surface area contributed by atoms with E-state index in [1.54, 1.807) is 0 Å². The molecule has 0 bridgehead atoms. The van der Waals surface area contributed by atoms with Gasteiger partial charge in [0.1, 0.15) is 0 Å². The summed E-state index contributed by atoms with van der Waals surface area (Å²) in [6, 6.07) is 1.68. The molecule has 2 N–H and O–H groups in total. The number of piperazine rings is 1. The summed E-state index contributed by atoms with van der Waals surface area (Å²) < 4.78 is 40.3. The largest absolute Gasteiger partial charge is 0.396 e. The van der Waals surface area contributed by atoms with Crippen LogP contribution in [0.15, 0.2) is 12.1 Å². The summed E-state index contributed by atoms with van der Waals surface area (Å²) in [7, 11) is 0. The number of hydrogen-bond donors (Lipinski definition) is 2.